The largest absolute Gasteiger partial charge is 0.0887 e. The highest BCUT2D eigenvalue weighted by Gasteiger charge is 2.50. The summed E-state index contributed by atoms with van der Waals surface area (Å²) >= 11 is 8.39. The fraction of sp³-hybridized carbons (Fsp3) is 0.0323. The molecule has 0 radical (unpaired) electrons. The Labute approximate surface area is 209 Å². The maximum atomic E-state index is 8.72. The molecule has 0 fully saturated rings. The van der Waals surface area contributed by atoms with Gasteiger partial charge >= 0.3 is 0 Å². The van der Waals surface area contributed by atoms with E-state index in [-0.39, 0.29) is 29.7 Å². The minimum atomic E-state index is -0.669. The van der Waals surface area contributed by atoms with Gasteiger partial charge in [0.15, 0.2) is 0 Å². The number of fused-ring (bicyclic) bond motifs is 9. The van der Waals surface area contributed by atoms with Crippen molar-refractivity contribution >= 4 is 23.4 Å². The summed E-state index contributed by atoms with van der Waals surface area (Å²) in [6, 6.07) is 27.3. The maximum absolute atomic E-state index is 8.72. The molecule has 1 aliphatic heterocycles. The highest BCUT2D eigenvalue weighted by Crippen LogP contribution is 2.63. The van der Waals surface area contributed by atoms with Crippen LogP contribution in [0.3, 0.4) is 0 Å². The molecule has 0 saturated carbocycles. The van der Waals surface area contributed by atoms with Crippen LogP contribution in [-0.2, 0) is 5.41 Å². The molecular formula is C31H19ClS. The van der Waals surface area contributed by atoms with E-state index >= 15 is 0 Å². The molecule has 0 N–H and O–H groups in total. The van der Waals surface area contributed by atoms with Crippen LogP contribution in [0.25, 0.3) is 22.3 Å². The predicted octanol–water partition coefficient (Wildman–Crippen LogP) is 8.83. The fourth-order valence-electron chi connectivity index (χ4n) is 5.49. The number of benzene rings is 5. The molecule has 0 aromatic heterocycles. The number of halogens is 1. The Morgan fingerprint density at radius 2 is 1.24 bits per heavy atom. The van der Waals surface area contributed by atoms with Crippen molar-refractivity contribution in [1.82, 2.24) is 0 Å². The average molecular weight is 464 g/mol. The highest BCUT2D eigenvalue weighted by molar-refractivity contribution is 7.99. The van der Waals surface area contributed by atoms with Crippen molar-refractivity contribution in [3.05, 3.63) is 142 Å². The molecule has 1 aliphatic carbocycles. The van der Waals surface area contributed by atoms with Gasteiger partial charge in [0, 0.05) is 14.8 Å². The van der Waals surface area contributed by atoms with E-state index in [9.17, 15) is 0 Å². The van der Waals surface area contributed by atoms with Crippen molar-refractivity contribution < 1.29 is 6.85 Å². The lowest BCUT2D eigenvalue weighted by Crippen LogP contribution is -2.32. The summed E-state index contributed by atoms with van der Waals surface area (Å²) in [5.41, 5.74) is 6.73. The van der Waals surface area contributed by atoms with E-state index < -0.39 is 11.5 Å². The Morgan fingerprint density at radius 3 is 1.94 bits per heavy atom. The molecule has 1 heterocycles. The van der Waals surface area contributed by atoms with Crippen LogP contribution < -0.4 is 0 Å². The third kappa shape index (κ3) is 2.55. The molecule has 156 valence electrons. The van der Waals surface area contributed by atoms with Gasteiger partial charge in [0.25, 0.3) is 0 Å². The van der Waals surface area contributed by atoms with Gasteiger partial charge in [0.1, 0.15) is 0 Å². The first-order chi connectivity index (χ1) is 18.4. The van der Waals surface area contributed by atoms with Crippen molar-refractivity contribution in [3.63, 3.8) is 0 Å². The van der Waals surface area contributed by atoms with Gasteiger partial charge in [-0.25, -0.2) is 0 Å². The van der Waals surface area contributed by atoms with Crippen LogP contribution in [0, 0.1) is 0 Å². The van der Waals surface area contributed by atoms with Crippen molar-refractivity contribution in [2.45, 2.75) is 15.2 Å². The normalized spacial score (nSPS) is 16.5. The summed E-state index contributed by atoms with van der Waals surface area (Å²) in [6.07, 6.45) is 0. The zero-order chi connectivity index (χ0) is 26.3. The van der Waals surface area contributed by atoms with Crippen molar-refractivity contribution in [2.75, 3.05) is 0 Å². The van der Waals surface area contributed by atoms with Crippen LogP contribution in [0.4, 0.5) is 0 Å². The highest BCUT2D eigenvalue weighted by atomic mass is 35.5. The SMILES string of the molecule is [2H]c1c([2H])c([2H])c(-c2cc(Cl)cc3c2Sc2ccccc2C32c3ccccc3-c3ccccc32)c([2H])c1[2H]. The minimum absolute atomic E-state index is 0.163. The third-order valence-electron chi connectivity index (χ3n) is 6.68. The van der Waals surface area contributed by atoms with Crippen molar-refractivity contribution in [1.29, 1.82) is 0 Å². The van der Waals surface area contributed by atoms with E-state index in [2.05, 4.69) is 66.7 Å². The molecule has 0 unspecified atom stereocenters. The molecule has 0 saturated heterocycles. The van der Waals surface area contributed by atoms with Crippen LogP contribution in [0.2, 0.25) is 5.02 Å². The molecule has 0 atom stereocenters. The molecule has 33 heavy (non-hydrogen) atoms. The van der Waals surface area contributed by atoms with Gasteiger partial charge in [-0.3, -0.25) is 0 Å². The molecule has 7 rings (SSSR count). The third-order valence-corrected chi connectivity index (χ3v) is 8.12. The van der Waals surface area contributed by atoms with Crippen LogP contribution in [0.15, 0.2) is 125 Å². The summed E-state index contributed by atoms with van der Waals surface area (Å²) < 4.78 is 42.1. The summed E-state index contributed by atoms with van der Waals surface area (Å²) in [6.45, 7) is 0. The van der Waals surface area contributed by atoms with Crippen molar-refractivity contribution in [3.8, 4) is 22.3 Å². The standard InChI is InChI=1S/C31H19ClS/c32-21-18-24(20-10-2-1-3-11-20)30-28(19-21)31(27-16-8-9-17-29(27)33-30)25-14-6-4-12-22(25)23-13-5-7-15-26(23)31/h1-19H/i1D,2D,3D,10D,11D. The van der Waals surface area contributed by atoms with Crippen molar-refractivity contribution in [2.24, 2.45) is 0 Å². The number of hydrogen-bond acceptors (Lipinski definition) is 1. The number of rotatable bonds is 1. The zero-order valence-electron chi connectivity index (χ0n) is 22.4. The quantitative estimate of drug-likeness (QED) is 0.234. The summed E-state index contributed by atoms with van der Waals surface area (Å²) in [4.78, 5) is 1.90. The summed E-state index contributed by atoms with van der Waals surface area (Å²) in [7, 11) is 0. The van der Waals surface area contributed by atoms with E-state index in [4.69, 9.17) is 18.5 Å². The Kier molecular flexibility index (Phi) is 3.19. The van der Waals surface area contributed by atoms with E-state index in [0.717, 1.165) is 43.2 Å². The molecule has 5 aromatic carbocycles. The second kappa shape index (κ2) is 7.12. The van der Waals surface area contributed by atoms with E-state index in [1.165, 1.54) is 0 Å². The molecule has 1 spiro atoms. The summed E-state index contributed by atoms with van der Waals surface area (Å²) in [5.74, 6) is 0. The second-order valence-corrected chi connectivity index (χ2v) is 9.76. The predicted molar refractivity (Wildman–Crippen MR) is 138 cm³/mol. The first-order valence-corrected chi connectivity index (χ1v) is 11.9. The lowest BCUT2D eigenvalue weighted by molar-refractivity contribution is 0.723. The molecule has 2 heteroatoms. The van der Waals surface area contributed by atoms with Gasteiger partial charge in [-0.1, -0.05) is 120 Å². The van der Waals surface area contributed by atoms with Gasteiger partial charge in [0.05, 0.1) is 12.3 Å². The second-order valence-electron chi connectivity index (χ2n) is 8.27. The Bertz CT molecular complexity index is 1760. The van der Waals surface area contributed by atoms with Crippen LogP contribution in [0.1, 0.15) is 29.1 Å². The molecular weight excluding hydrogens is 440 g/mol. The maximum Gasteiger partial charge on any atom is 0.0736 e. The smallest absolute Gasteiger partial charge is 0.0736 e. The average Bonchev–Trinajstić information content (AvgIpc) is 3.23. The van der Waals surface area contributed by atoms with Crippen LogP contribution in [-0.4, -0.2) is 0 Å². The Morgan fingerprint density at radius 1 is 0.636 bits per heavy atom. The topological polar surface area (TPSA) is 0 Å². The van der Waals surface area contributed by atoms with Gasteiger partial charge in [-0.05, 0) is 62.7 Å². The lowest BCUT2D eigenvalue weighted by atomic mass is 9.67. The van der Waals surface area contributed by atoms with Crippen LogP contribution >= 0.6 is 23.4 Å². The van der Waals surface area contributed by atoms with E-state index in [1.807, 2.05) is 12.1 Å². The summed E-state index contributed by atoms with van der Waals surface area (Å²) in [5, 5.41) is 0.451. The first kappa shape index (κ1) is 14.8. The van der Waals surface area contributed by atoms with Crippen LogP contribution in [0.5, 0.6) is 0 Å². The molecule has 2 aliphatic rings. The van der Waals surface area contributed by atoms with Gasteiger partial charge in [-0.2, -0.15) is 0 Å². The zero-order valence-corrected chi connectivity index (χ0v) is 18.9. The first-order valence-electron chi connectivity index (χ1n) is 13.2. The van der Waals surface area contributed by atoms with Gasteiger partial charge in [-0.15, -0.1) is 0 Å². The lowest BCUT2D eigenvalue weighted by Gasteiger charge is -2.40. The fourth-order valence-corrected chi connectivity index (χ4v) is 7.00. The van der Waals surface area contributed by atoms with E-state index in [0.29, 0.717) is 10.6 Å². The minimum Gasteiger partial charge on any atom is -0.0887 e. The molecule has 5 aromatic rings. The Balaban J connectivity index is 1.68. The molecule has 0 amide bonds. The van der Waals surface area contributed by atoms with Gasteiger partial charge < -0.3 is 0 Å². The monoisotopic (exact) mass is 463 g/mol. The Hall–Kier alpha value is -3.26. The van der Waals surface area contributed by atoms with E-state index in [1.54, 1.807) is 17.8 Å². The molecule has 0 nitrogen and oxygen atoms in total. The number of hydrogen-bond donors (Lipinski definition) is 0. The molecule has 0 bridgehead atoms. The van der Waals surface area contributed by atoms with Gasteiger partial charge in [0.2, 0.25) is 0 Å².